The third-order valence-corrected chi connectivity index (χ3v) is 4.10. The molecule has 20 heavy (non-hydrogen) atoms. The second-order valence-corrected chi connectivity index (χ2v) is 5.71. The van der Waals surface area contributed by atoms with Gasteiger partial charge in [-0.05, 0) is 42.3 Å². The normalized spacial score (nSPS) is 12.3. The first-order valence-electron chi connectivity index (χ1n) is 6.90. The lowest BCUT2D eigenvalue weighted by Crippen LogP contribution is -2.23. The highest BCUT2D eigenvalue weighted by molar-refractivity contribution is 9.10. The van der Waals surface area contributed by atoms with Gasteiger partial charge in [0.05, 0.1) is 0 Å². The molecule has 1 unspecified atom stereocenters. The maximum Gasteiger partial charge on any atom is 0.123 e. The van der Waals surface area contributed by atoms with Gasteiger partial charge < -0.3 is 5.32 Å². The first-order valence-corrected chi connectivity index (χ1v) is 7.69. The minimum Gasteiger partial charge on any atom is -0.316 e. The fourth-order valence-electron chi connectivity index (χ4n) is 2.32. The number of halogens is 2. The molecule has 2 rings (SSSR count). The van der Waals surface area contributed by atoms with Crippen molar-refractivity contribution in [3.63, 3.8) is 0 Å². The van der Waals surface area contributed by atoms with Crippen LogP contribution in [0.2, 0.25) is 0 Å². The van der Waals surface area contributed by atoms with Gasteiger partial charge in [-0.1, -0.05) is 53.2 Å². The van der Waals surface area contributed by atoms with E-state index in [1.54, 1.807) is 0 Å². The summed E-state index contributed by atoms with van der Waals surface area (Å²) in [7, 11) is 0. The van der Waals surface area contributed by atoms with Gasteiger partial charge in [-0.3, -0.25) is 0 Å². The van der Waals surface area contributed by atoms with E-state index in [4.69, 9.17) is 0 Å². The molecule has 0 bridgehead atoms. The zero-order valence-electron chi connectivity index (χ0n) is 11.6. The van der Waals surface area contributed by atoms with E-state index >= 15 is 0 Å². The lowest BCUT2D eigenvalue weighted by molar-refractivity contribution is 0.591. The molecule has 0 amide bonds. The largest absolute Gasteiger partial charge is 0.316 e. The second kappa shape index (κ2) is 7.55. The van der Waals surface area contributed by atoms with Crippen molar-refractivity contribution in [2.75, 3.05) is 13.1 Å². The molecule has 3 heteroatoms. The number of rotatable bonds is 6. The molecule has 0 saturated carbocycles. The van der Waals surface area contributed by atoms with Gasteiger partial charge in [0.15, 0.2) is 0 Å². The summed E-state index contributed by atoms with van der Waals surface area (Å²) < 4.78 is 14.1. The minimum absolute atomic E-state index is 0.183. The highest BCUT2D eigenvalue weighted by Crippen LogP contribution is 2.27. The molecule has 0 fully saturated rings. The smallest absolute Gasteiger partial charge is 0.123 e. The Morgan fingerprint density at radius 3 is 2.45 bits per heavy atom. The summed E-state index contributed by atoms with van der Waals surface area (Å²) in [5.41, 5.74) is 2.45. The Labute approximate surface area is 128 Å². The van der Waals surface area contributed by atoms with Gasteiger partial charge >= 0.3 is 0 Å². The van der Waals surface area contributed by atoms with Crippen molar-refractivity contribution in [2.24, 2.45) is 0 Å². The van der Waals surface area contributed by atoms with Crippen LogP contribution in [0.3, 0.4) is 0 Å². The van der Waals surface area contributed by atoms with Gasteiger partial charge in [0.2, 0.25) is 0 Å². The molecule has 1 nitrogen and oxygen atoms in total. The van der Waals surface area contributed by atoms with Crippen molar-refractivity contribution in [2.45, 2.75) is 19.3 Å². The maximum absolute atomic E-state index is 13.0. The predicted octanol–water partition coefficient (Wildman–Crippen LogP) is 4.52. The van der Waals surface area contributed by atoms with Gasteiger partial charge in [0.1, 0.15) is 5.82 Å². The van der Waals surface area contributed by atoms with Gasteiger partial charge in [-0.2, -0.15) is 0 Å². The van der Waals surface area contributed by atoms with E-state index in [2.05, 4.69) is 46.4 Å². The summed E-state index contributed by atoms with van der Waals surface area (Å²) in [6.45, 7) is 3.97. The second-order valence-electron chi connectivity index (χ2n) is 4.86. The average molecular weight is 336 g/mol. The molecule has 1 N–H and O–H groups in total. The summed E-state index contributed by atoms with van der Waals surface area (Å²) in [5, 5.41) is 3.41. The molecule has 2 aromatic carbocycles. The van der Waals surface area contributed by atoms with Crippen molar-refractivity contribution in [3.8, 4) is 0 Å². The van der Waals surface area contributed by atoms with Crippen molar-refractivity contribution >= 4 is 15.9 Å². The zero-order chi connectivity index (χ0) is 14.4. The lowest BCUT2D eigenvalue weighted by atomic mass is 9.92. The van der Waals surface area contributed by atoms with Crippen LogP contribution in [0.4, 0.5) is 4.39 Å². The van der Waals surface area contributed by atoms with Crippen LogP contribution in [-0.2, 0) is 6.42 Å². The molecule has 0 heterocycles. The van der Waals surface area contributed by atoms with Gasteiger partial charge in [-0.15, -0.1) is 0 Å². The topological polar surface area (TPSA) is 12.0 Å². The van der Waals surface area contributed by atoms with Crippen LogP contribution in [0, 0.1) is 5.82 Å². The first-order chi connectivity index (χ1) is 9.70. The van der Waals surface area contributed by atoms with E-state index in [0.29, 0.717) is 5.92 Å². The molecule has 0 aliphatic rings. The lowest BCUT2D eigenvalue weighted by Gasteiger charge is -2.19. The fraction of sp³-hybridized carbons (Fsp3) is 0.294. The van der Waals surface area contributed by atoms with Crippen LogP contribution >= 0.6 is 15.9 Å². The van der Waals surface area contributed by atoms with Crippen LogP contribution < -0.4 is 5.32 Å². The Balaban J connectivity index is 2.19. The molecule has 106 valence electrons. The SMILES string of the molecule is CCNCC(Cc1ccc(F)cc1)c1ccccc1Br. The molecule has 0 aromatic heterocycles. The van der Waals surface area contributed by atoms with Crippen molar-refractivity contribution < 1.29 is 4.39 Å². The van der Waals surface area contributed by atoms with Crippen LogP contribution in [0.15, 0.2) is 53.0 Å². The third-order valence-electron chi connectivity index (χ3n) is 3.38. The number of hydrogen-bond donors (Lipinski definition) is 1. The minimum atomic E-state index is -0.183. The number of hydrogen-bond acceptors (Lipinski definition) is 1. The summed E-state index contributed by atoms with van der Waals surface area (Å²) in [4.78, 5) is 0. The van der Waals surface area contributed by atoms with E-state index in [-0.39, 0.29) is 5.82 Å². The highest BCUT2D eigenvalue weighted by atomic mass is 79.9. The Morgan fingerprint density at radius 2 is 1.80 bits per heavy atom. The Hall–Kier alpha value is -1.19. The molecule has 1 atom stereocenters. The average Bonchev–Trinajstić information content (AvgIpc) is 2.46. The van der Waals surface area contributed by atoms with Crippen molar-refractivity contribution in [1.82, 2.24) is 5.32 Å². The highest BCUT2D eigenvalue weighted by Gasteiger charge is 2.14. The van der Waals surface area contributed by atoms with Crippen molar-refractivity contribution in [1.29, 1.82) is 0 Å². The van der Waals surface area contributed by atoms with Gasteiger partial charge in [-0.25, -0.2) is 4.39 Å². The summed E-state index contributed by atoms with van der Waals surface area (Å²) >= 11 is 3.63. The monoisotopic (exact) mass is 335 g/mol. The predicted molar refractivity (Wildman–Crippen MR) is 85.5 cm³/mol. The molecule has 0 radical (unpaired) electrons. The molecular formula is C17H19BrFN. The molecular weight excluding hydrogens is 317 g/mol. The molecule has 2 aromatic rings. The summed E-state index contributed by atoms with van der Waals surface area (Å²) in [6.07, 6.45) is 0.899. The van der Waals surface area contributed by atoms with Crippen LogP contribution in [0.5, 0.6) is 0 Å². The van der Waals surface area contributed by atoms with E-state index in [0.717, 1.165) is 29.5 Å². The molecule has 0 aliphatic carbocycles. The van der Waals surface area contributed by atoms with Gasteiger partial charge in [0.25, 0.3) is 0 Å². The maximum atomic E-state index is 13.0. The van der Waals surface area contributed by atoms with E-state index in [9.17, 15) is 4.39 Å². The third kappa shape index (κ3) is 4.15. The summed E-state index contributed by atoms with van der Waals surface area (Å²) in [6, 6.07) is 15.1. The van der Waals surface area contributed by atoms with Crippen molar-refractivity contribution in [3.05, 3.63) is 69.9 Å². The fourth-order valence-corrected chi connectivity index (χ4v) is 2.93. The quantitative estimate of drug-likeness (QED) is 0.818. The Kier molecular flexibility index (Phi) is 5.74. The Morgan fingerprint density at radius 1 is 1.10 bits per heavy atom. The van der Waals surface area contributed by atoms with E-state index < -0.39 is 0 Å². The van der Waals surface area contributed by atoms with Gasteiger partial charge in [0, 0.05) is 16.9 Å². The molecule has 0 aliphatic heterocycles. The van der Waals surface area contributed by atoms with Crippen LogP contribution in [-0.4, -0.2) is 13.1 Å². The van der Waals surface area contributed by atoms with Crippen LogP contribution in [0.1, 0.15) is 24.0 Å². The van der Waals surface area contributed by atoms with E-state index in [1.807, 2.05) is 18.2 Å². The summed E-state index contributed by atoms with van der Waals surface area (Å²) in [5.74, 6) is 0.189. The Bertz CT molecular complexity index is 539. The standard InChI is InChI=1S/C17H19BrFN/c1-2-20-12-14(16-5-3-4-6-17(16)18)11-13-7-9-15(19)10-8-13/h3-10,14,20H,2,11-12H2,1H3. The molecule has 0 spiro atoms. The number of nitrogens with one attached hydrogen (secondary N) is 1. The van der Waals surface area contributed by atoms with E-state index in [1.165, 1.54) is 17.7 Å². The molecule has 0 saturated heterocycles. The van der Waals surface area contributed by atoms with Crippen LogP contribution in [0.25, 0.3) is 0 Å². The zero-order valence-corrected chi connectivity index (χ0v) is 13.2. The number of likely N-dealkylation sites (N-methyl/N-ethyl adjacent to an activating group) is 1. The first kappa shape index (κ1) is 15.2. The number of benzene rings is 2.